The number of carbonyl (C=O) groups is 1. The number of halogens is 1. The molecule has 0 radical (unpaired) electrons. The summed E-state index contributed by atoms with van der Waals surface area (Å²) in [5.74, 6) is -0.930. The van der Waals surface area contributed by atoms with E-state index in [0.717, 1.165) is 27.5 Å². The van der Waals surface area contributed by atoms with Crippen molar-refractivity contribution < 1.29 is 17.6 Å². The molecule has 1 N–H and O–H groups in total. The number of hydrogen-bond acceptors (Lipinski definition) is 4. The van der Waals surface area contributed by atoms with E-state index in [4.69, 9.17) is 0 Å². The highest BCUT2D eigenvalue weighted by Crippen LogP contribution is 2.23. The summed E-state index contributed by atoms with van der Waals surface area (Å²) in [6, 6.07) is 15.2. The minimum Gasteiger partial charge on any atom is -0.315 e. The summed E-state index contributed by atoms with van der Waals surface area (Å²) in [5, 5.41) is 3.97. The van der Waals surface area contributed by atoms with Crippen LogP contribution in [-0.4, -0.2) is 37.9 Å². The van der Waals surface area contributed by atoms with Crippen LogP contribution in [0.4, 0.5) is 10.1 Å². The topological polar surface area (TPSA) is 83.8 Å². The molecule has 1 amide bonds. The fourth-order valence-corrected chi connectivity index (χ4v) is 4.40. The highest BCUT2D eigenvalue weighted by atomic mass is 32.2. The van der Waals surface area contributed by atoms with Gasteiger partial charge in [-0.15, -0.1) is 0 Å². The molecular formula is C23H25FN4O3S. The summed E-state index contributed by atoms with van der Waals surface area (Å²) >= 11 is 0. The van der Waals surface area contributed by atoms with Gasteiger partial charge in [0.1, 0.15) is 12.4 Å². The Bertz CT molecular complexity index is 1280. The number of hydrogen-bond donors (Lipinski definition) is 1. The molecule has 0 fully saturated rings. The Kier molecular flexibility index (Phi) is 6.78. The van der Waals surface area contributed by atoms with Crippen LogP contribution in [0, 0.1) is 26.6 Å². The predicted octanol–water partition coefficient (Wildman–Crippen LogP) is 3.46. The summed E-state index contributed by atoms with van der Waals surface area (Å²) in [5.41, 5.74) is 6.22. The molecule has 0 aliphatic heterocycles. The number of para-hydroxylation sites is 2. The third-order valence-corrected chi connectivity index (χ3v) is 6.15. The van der Waals surface area contributed by atoms with Gasteiger partial charge in [-0.1, -0.05) is 30.3 Å². The first-order valence-electron chi connectivity index (χ1n) is 9.88. The highest BCUT2D eigenvalue weighted by Gasteiger charge is 2.22. The quantitative estimate of drug-likeness (QED) is 0.437. The lowest BCUT2D eigenvalue weighted by Gasteiger charge is -2.23. The van der Waals surface area contributed by atoms with Gasteiger partial charge >= 0.3 is 0 Å². The SMILES string of the molecule is Cc1ccccc1N(CC(=O)N/N=C/c1cc(C)n(-c2ccccc2F)c1C)S(C)(=O)=O. The number of benzene rings is 2. The van der Waals surface area contributed by atoms with Gasteiger partial charge in [-0.25, -0.2) is 18.2 Å². The van der Waals surface area contributed by atoms with Crippen molar-refractivity contribution >= 4 is 27.8 Å². The molecule has 2 aromatic carbocycles. The van der Waals surface area contributed by atoms with Crippen LogP contribution in [0.1, 0.15) is 22.5 Å². The van der Waals surface area contributed by atoms with Crippen molar-refractivity contribution in [3.8, 4) is 5.69 Å². The fraction of sp³-hybridized carbons (Fsp3) is 0.217. The number of aryl methyl sites for hydroxylation is 2. The van der Waals surface area contributed by atoms with Crippen LogP contribution in [0.15, 0.2) is 59.7 Å². The summed E-state index contributed by atoms with van der Waals surface area (Å²) < 4.78 is 41.5. The molecule has 0 aliphatic carbocycles. The lowest BCUT2D eigenvalue weighted by Crippen LogP contribution is -2.39. The van der Waals surface area contributed by atoms with Crippen LogP contribution in [0.25, 0.3) is 5.69 Å². The average molecular weight is 457 g/mol. The third kappa shape index (κ3) is 5.05. The van der Waals surface area contributed by atoms with E-state index >= 15 is 0 Å². The first-order valence-corrected chi connectivity index (χ1v) is 11.7. The second kappa shape index (κ2) is 9.35. The van der Waals surface area contributed by atoms with Crippen LogP contribution in [0.5, 0.6) is 0 Å². The molecule has 0 atom stereocenters. The Balaban J connectivity index is 1.76. The number of nitrogens with zero attached hydrogens (tertiary/aromatic N) is 3. The predicted molar refractivity (Wildman–Crippen MR) is 124 cm³/mol. The maximum atomic E-state index is 14.2. The molecule has 168 valence electrons. The molecule has 1 heterocycles. The summed E-state index contributed by atoms with van der Waals surface area (Å²) in [6.07, 6.45) is 2.50. The van der Waals surface area contributed by atoms with E-state index < -0.39 is 22.5 Å². The maximum Gasteiger partial charge on any atom is 0.260 e. The third-order valence-electron chi connectivity index (χ3n) is 5.03. The van der Waals surface area contributed by atoms with Gasteiger partial charge in [0, 0.05) is 17.0 Å². The standard InChI is InChI=1S/C23H25FN4O3S/c1-16-9-5-7-11-21(16)27(32(4,30)31)15-23(29)26-25-14-19-13-17(2)28(18(19)3)22-12-8-6-10-20(22)24/h5-14H,15H2,1-4H3,(H,26,29)/b25-14+. The number of aromatic nitrogens is 1. The molecule has 0 bridgehead atoms. The number of nitrogens with one attached hydrogen (secondary N) is 1. The minimum atomic E-state index is -3.67. The van der Waals surface area contributed by atoms with E-state index in [-0.39, 0.29) is 5.82 Å². The second-order valence-electron chi connectivity index (χ2n) is 7.46. The number of amides is 1. The smallest absolute Gasteiger partial charge is 0.260 e. The Morgan fingerprint density at radius 1 is 1.12 bits per heavy atom. The van der Waals surface area contributed by atoms with Crippen LogP contribution >= 0.6 is 0 Å². The molecule has 3 rings (SSSR count). The number of rotatable bonds is 7. The number of anilines is 1. The summed E-state index contributed by atoms with van der Waals surface area (Å²) in [4.78, 5) is 12.4. The van der Waals surface area contributed by atoms with Crippen LogP contribution in [0.3, 0.4) is 0 Å². The molecule has 0 unspecified atom stereocenters. The zero-order valence-electron chi connectivity index (χ0n) is 18.3. The molecule has 0 spiro atoms. The molecule has 0 saturated carbocycles. The molecule has 0 aliphatic rings. The lowest BCUT2D eigenvalue weighted by atomic mass is 10.2. The van der Waals surface area contributed by atoms with Crippen molar-refractivity contribution in [3.05, 3.63) is 82.9 Å². The average Bonchev–Trinajstić information content (AvgIpc) is 3.00. The van der Waals surface area contributed by atoms with E-state index in [1.165, 1.54) is 12.3 Å². The van der Waals surface area contributed by atoms with Crippen molar-refractivity contribution in [3.63, 3.8) is 0 Å². The van der Waals surface area contributed by atoms with Gasteiger partial charge in [-0.3, -0.25) is 9.10 Å². The van der Waals surface area contributed by atoms with Gasteiger partial charge in [-0.05, 0) is 50.6 Å². The number of carbonyl (C=O) groups excluding carboxylic acids is 1. The van der Waals surface area contributed by atoms with E-state index in [0.29, 0.717) is 16.9 Å². The molecular weight excluding hydrogens is 431 g/mol. The Morgan fingerprint density at radius 3 is 2.44 bits per heavy atom. The van der Waals surface area contributed by atoms with E-state index in [2.05, 4.69) is 10.5 Å². The molecule has 1 aromatic heterocycles. The molecule has 7 nitrogen and oxygen atoms in total. The highest BCUT2D eigenvalue weighted by molar-refractivity contribution is 7.92. The fourth-order valence-electron chi connectivity index (χ4n) is 3.49. The van der Waals surface area contributed by atoms with Crippen LogP contribution in [-0.2, 0) is 14.8 Å². The molecule has 0 saturated heterocycles. The van der Waals surface area contributed by atoms with E-state index in [1.54, 1.807) is 54.0 Å². The Hall–Kier alpha value is -3.46. The van der Waals surface area contributed by atoms with Crippen molar-refractivity contribution in [2.75, 3.05) is 17.1 Å². The van der Waals surface area contributed by atoms with E-state index in [1.807, 2.05) is 19.9 Å². The summed E-state index contributed by atoms with van der Waals surface area (Å²) in [7, 11) is -3.67. The van der Waals surface area contributed by atoms with Gasteiger partial charge in [0.15, 0.2) is 0 Å². The van der Waals surface area contributed by atoms with Crippen LogP contribution in [0.2, 0.25) is 0 Å². The lowest BCUT2D eigenvalue weighted by molar-refractivity contribution is -0.119. The normalized spacial score (nSPS) is 11.7. The van der Waals surface area contributed by atoms with Gasteiger partial charge in [0.05, 0.1) is 23.8 Å². The van der Waals surface area contributed by atoms with Gasteiger partial charge < -0.3 is 4.57 Å². The zero-order chi connectivity index (χ0) is 23.5. The molecule has 9 heteroatoms. The van der Waals surface area contributed by atoms with Crippen molar-refractivity contribution in [2.45, 2.75) is 20.8 Å². The summed E-state index contributed by atoms with van der Waals surface area (Å²) in [6.45, 7) is 5.04. The first kappa shape index (κ1) is 23.2. The Morgan fingerprint density at radius 2 is 1.78 bits per heavy atom. The van der Waals surface area contributed by atoms with Gasteiger partial charge in [-0.2, -0.15) is 5.10 Å². The zero-order valence-corrected chi connectivity index (χ0v) is 19.1. The monoisotopic (exact) mass is 456 g/mol. The first-order chi connectivity index (χ1) is 15.1. The maximum absolute atomic E-state index is 14.2. The van der Waals surface area contributed by atoms with E-state index in [9.17, 15) is 17.6 Å². The van der Waals surface area contributed by atoms with Crippen molar-refractivity contribution in [1.29, 1.82) is 0 Å². The van der Waals surface area contributed by atoms with Crippen molar-refractivity contribution in [1.82, 2.24) is 9.99 Å². The Labute approximate surface area is 187 Å². The second-order valence-corrected chi connectivity index (χ2v) is 9.37. The molecule has 3 aromatic rings. The molecule has 32 heavy (non-hydrogen) atoms. The van der Waals surface area contributed by atoms with Gasteiger partial charge in [0.2, 0.25) is 10.0 Å². The minimum absolute atomic E-state index is 0.344. The van der Waals surface area contributed by atoms with Gasteiger partial charge in [0.25, 0.3) is 5.91 Å². The number of hydrazone groups is 1. The number of sulfonamides is 1. The largest absolute Gasteiger partial charge is 0.315 e. The van der Waals surface area contributed by atoms with Crippen molar-refractivity contribution in [2.24, 2.45) is 5.10 Å². The van der Waals surface area contributed by atoms with Crippen LogP contribution < -0.4 is 9.73 Å².